The summed E-state index contributed by atoms with van der Waals surface area (Å²) >= 11 is 0. The zero-order valence-corrected chi connectivity index (χ0v) is 10.3. The highest BCUT2D eigenvalue weighted by Crippen LogP contribution is 2.16. The summed E-state index contributed by atoms with van der Waals surface area (Å²) < 4.78 is 5.10. The Hall–Kier alpha value is -1.06. The van der Waals surface area contributed by atoms with E-state index in [1.165, 1.54) is 5.56 Å². The lowest BCUT2D eigenvalue weighted by Crippen LogP contribution is -2.43. The van der Waals surface area contributed by atoms with Crippen molar-refractivity contribution in [3.05, 3.63) is 29.8 Å². The fourth-order valence-electron chi connectivity index (χ4n) is 1.50. The molecule has 3 heteroatoms. The molecule has 0 aliphatic heterocycles. The molecule has 0 aromatic heterocycles. The molecule has 0 spiro atoms. The molecule has 90 valence electrons. The van der Waals surface area contributed by atoms with Crippen LogP contribution in [0.15, 0.2) is 24.3 Å². The smallest absolute Gasteiger partial charge is 0.118 e. The van der Waals surface area contributed by atoms with Gasteiger partial charge in [0.15, 0.2) is 0 Å². The number of methoxy groups -OCH3 is 1. The van der Waals surface area contributed by atoms with Crippen molar-refractivity contribution in [2.45, 2.75) is 25.3 Å². The monoisotopic (exact) mass is 223 g/mol. The summed E-state index contributed by atoms with van der Waals surface area (Å²) in [4.78, 5) is 0. The van der Waals surface area contributed by atoms with Gasteiger partial charge < -0.3 is 15.2 Å². The second-order valence-corrected chi connectivity index (χ2v) is 4.32. The lowest BCUT2D eigenvalue weighted by molar-refractivity contribution is 0.174. The first-order chi connectivity index (χ1) is 7.63. The minimum Gasteiger partial charge on any atom is -0.497 e. The Morgan fingerprint density at radius 1 is 1.31 bits per heavy atom. The molecular weight excluding hydrogens is 202 g/mol. The Labute approximate surface area is 97.4 Å². The van der Waals surface area contributed by atoms with Gasteiger partial charge >= 0.3 is 0 Å². The van der Waals surface area contributed by atoms with Crippen LogP contribution in [0, 0.1) is 0 Å². The van der Waals surface area contributed by atoms with Crippen molar-refractivity contribution in [2.24, 2.45) is 0 Å². The topological polar surface area (TPSA) is 41.5 Å². The van der Waals surface area contributed by atoms with Crippen molar-refractivity contribution in [1.29, 1.82) is 0 Å². The Bertz CT molecular complexity index is 304. The van der Waals surface area contributed by atoms with Crippen LogP contribution in [0.4, 0.5) is 0 Å². The van der Waals surface area contributed by atoms with Crippen molar-refractivity contribution < 1.29 is 9.84 Å². The van der Waals surface area contributed by atoms with Crippen LogP contribution in [0.2, 0.25) is 0 Å². The first kappa shape index (κ1) is 13.0. The fraction of sp³-hybridized carbons (Fsp3) is 0.538. The van der Waals surface area contributed by atoms with E-state index in [4.69, 9.17) is 4.74 Å². The quantitative estimate of drug-likeness (QED) is 0.769. The number of benzene rings is 1. The molecule has 0 aliphatic carbocycles. The number of hydrogen-bond donors (Lipinski definition) is 2. The van der Waals surface area contributed by atoms with Crippen LogP contribution in [-0.4, -0.2) is 31.4 Å². The van der Waals surface area contributed by atoms with E-state index in [1.807, 2.05) is 26.1 Å². The first-order valence-electron chi connectivity index (χ1n) is 5.56. The molecule has 2 N–H and O–H groups in total. The third kappa shape index (κ3) is 3.51. The Balaban J connectivity index is 2.54. The van der Waals surface area contributed by atoms with Gasteiger partial charge in [0.2, 0.25) is 0 Å². The van der Waals surface area contributed by atoms with E-state index in [-0.39, 0.29) is 12.1 Å². The van der Waals surface area contributed by atoms with E-state index in [0.717, 1.165) is 18.6 Å². The molecule has 0 bridgehead atoms. The molecule has 1 unspecified atom stereocenters. The molecule has 1 rings (SSSR count). The Morgan fingerprint density at radius 2 is 1.94 bits per heavy atom. The molecule has 0 heterocycles. The van der Waals surface area contributed by atoms with Crippen LogP contribution in [0.3, 0.4) is 0 Å². The van der Waals surface area contributed by atoms with Gasteiger partial charge in [0.25, 0.3) is 0 Å². The number of aryl methyl sites for hydroxylation is 1. The van der Waals surface area contributed by atoms with E-state index in [1.54, 1.807) is 7.11 Å². The van der Waals surface area contributed by atoms with Gasteiger partial charge in [-0.3, -0.25) is 0 Å². The SMILES string of the molecule is CNC(C)(CO)CCc1ccc(OC)cc1. The van der Waals surface area contributed by atoms with Crippen molar-refractivity contribution >= 4 is 0 Å². The molecular formula is C13H21NO2. The van der Waals surface area contributed by atoms with Gasteiger partial charge in [0.05, 0.1) is 13.7 Å². The van der Waals surface area contributed by atoms with Crippen LogP contribution in [0.5, 0.6) is 5.75 Å². The van der Waals surface area contributed by atoms with Crippen molar-refractivity contribution in [3.63, 3.8) is 0 Å². The first-order valence-corrected chi connectivity index (χ1v) is 5.56. The average Bonchev–Trinajstić information content (AvgIpc) is 2.36. The number of rotatable bonds is 6. The third-order valence-corrected chi connectivity index (χ3v) is 3.08. The lowest BCUT2D eigenvalue weighted by Gasteiger charge is -2.26. The molecule has 1 aromatic carbocycles. The summed E-state index contributed by atoms with van der Waals surface area (Å²) in [5.74, 6) is 0.877. The maximum atomic E-state index is 9.26. The zero-order valence-electron chi connectivity index (χ0n) is 10.3. The summed E-state index contributed by atoms with van der Waals surface area (Å²) in [6, 6.07) is 8.05. The highest BCUT2D eigenvalue weighted by molar-refractivity contribution is 5.27. The van der Waals surface area contributed by atoms with E-state index >= 15 is 0 Å². The molecule has 1 atom stereocenters. The van der Waals surface area contributed by atoms with Gasteiger partial charge in [-0.2, -0.15) is 0 Å². The zero-order chi connectivity index (χ0) is 12.0. The number of nitrogens with one attached hydrogen (secondary N) is 1. The number of likely N-dealkylation sites (N-methyl/N-ethyl adjacent to an activating group) is 1. The number of hydrogen-bond acceptors (Lipinski definition) is 3. The van der Waals surface area contributed by atoms with Gasteiger partial charge in [0.1, 0.15) is 5.75 Å². The molecule has 0 fully saturated rings. The van der Waals surface area contributed by atoms with Crippen molar-refractivity contribution in [3.8, 4) is 5.75 Å². The normalized spacial score (nSPS) is 14.5. The molecule has 3 nitrogen and oxygen atoms in total. The van der Waals surface area contributed by atoms with Crippen LogP contribution in [0.1, 0.15) is 18.9 Å². The molecule has 16 heavy (non-hydrogen) atoms. The van der Waals surface area contributed by atoms with Gasteiger partial charge in [-0.25, -0.2) is 0 Å². The van der Waals surface area contributed by atoms with Gasteiger partial charge in [-0.15, -0.1) is 0 Å². The lowest BCUT2D eigenvalue weighted by atomic mass is 9.94. The standard InChI is InChI=1S/C13H21NO2/c1-13(10-15,14-2)9-8-11-4-6-12(16-3)7-5-11/h4-7,14-15H,8-10H2,1-3H3. The predicted molar refractivity (Wildman–Crippen MR) is 65.9 cm³/mol. The van der Waals surface area contributed by atoms with Gasteiger partial charge in [-0.05, 0) is 44.5 Å². The van der Waals surface area contributed by atoms with Crippen LogP contribution in [0.25, 0.3) is 0 Å². The van der Waals surface area contributed by atoms with Crippen LogP contribution < -0.4 is 10.1 Å². The summed E-state index contributed by atoms with van der Waals surface area (Å²) in [5.41, 5.74) is 1.07. The summed E-state index contributed by atoms with van der Waals surface area (Å²) in [6.45, 7) is 2.18. The Morgan fingerprint density at radius 3 is 2.38 bits per heavy atom. The average molecular weight is 223 g/mol. The molecule has 1 aromatic rings. The number of aliphatic hydroxyl groups is 1. The molecule has 0 radical (unpaired) electrons. The maximum absolute atomic E-state index is 9.26. The largest absolute Gasteiger partial charge is 0.497 e. The second-order valence-electron chi connectivity index (χ2n) is 4.32. The fourth-order valence-corrected chi connectivity index (χ4v) is 1.50. The van der Waals surface area contributed by atoms with E-state index in [2.05, 4.69) is 17.4 Å². The predicted octanol–water partition coefficient (Wildman–Crippen LogP) is 1.60. The minimum atomic E-state index is -0.195. The van der Waals surface area contributed by atoms with Gasteiger partial charge in [0, 0.05) is 5.54 Å². The van der Waals surface area contributed by atoms with E-state index in [0.29, 0.717) is 0 Å². The molecule has 0 aliphatic rings. The van der Waals surface area contributed by atoms with E-state index < -0.39 is 0 Å². The molecule has 0 saturated carbocycles. The highest BCUT2D eigenvalue weighted by Gasteiger charge is 2.19. The minimum absolute atomic E-state index is 0.152. The number of ether oxygens (including phenoxy) is 1. The second kappa shape index (κ2) is 5.87. The summed E-state index contributed by atoms with van der Waals surface area (Å²) in [5, 5.41) is 12.4. The van der Waals surface area contributed by atoms with E-state index in [9.17, 15) is 5.11 Å². The van der Waals surface area contributed by atoms with Crippen molar-refractivity contribution in [1.82, 2.24) is 5.32 Å². The third-order valence-electron chi connectivity index (χ3n) is 3.08. The Kier molecular flexibility index (Phi) is 4.77. The molecule has 0 saturated heterocycles. The maximum Gasteiger partial charge on any atom is 0.118 e. The molecule has 0 amide bonds. The summed E-state index contributed by atoms with van der Waals surface area (Å²) in [6.07, 6.45) is 1.86. The number of aliphatic hydroxyl groups excluding tert-OH is 1. The van der Waals surface area contributed by atoms with Gasteiger partial charge in [-0.1, -0.05) is 12.1 Å². The van der Waals surface area contributed by atoms with Crippen LogP contribution >= 0.6 is 0 Å². The highest BCUT2D eigenvalue weighted by atomic mass is 16.5. The van der Waals surface area contributed by atoms with Crippen LogP contribution in [-0.2, 0) is 6.42 Å². The summed E-state index contributed by atoms with van der Waals surface area (Å²) in [7, 11) is 3.54. The van der Waals surface area contributed by atoms with Crippen molar-refractivity contribution in [2.75, 3.05) is 20.8 Å².